The van der Waals surface area contributed by atoms with E-state index < -0.39 is 17.7 Å². The lowest BCUT2D eigenvalue weighted by Gasteiger charge is -2.33. The minimum absolute atomic E-state index is 0.129. The van der Waals surface area contributed by atoms with Crippen LogP contribution in [0.15, 0.2) is 0 Å². The monoisotopic (exact) mass is 227 g/mol. The van der Waals surface area contributed by atoms with Crippen LogP contribution in [-0.2, 0) is 5.92 Å². The fourth-order valence-electron chi connectivity index (χ4n) is 2.72. The summed E-state index contributed by atoms with van der Waals surface area (Å²) in [6, 6.07) is 0. The molecule has 16 heavy (non-hydrogen) atoms. The molecule has 0 bridgehead atoms. The molecule has 3 rings (SSSR count). The number of hydrogen-bond donors (Lipinski definition) is 2. The molecule has 2 atom stereocenters. The molecule has 1 fully saturated rings. The molecule has 1 aromatic rings. The fraction of sp³-hybridized carbons (Fsp3) is 0.600. The van der Waals surface area contributed by atoms with Gasteiger partial charge in [0.25, 0.3) is 11.8 Å². The number of H-pyrrole nitrogens is 1. The molecule has 2 aliphatic carbocycles. The zero-order valence-electron chi connectivity index (χ0n) is 8.68. The number of fused-ring (bicyclic) bond motifs is 3. The van der Waals surface area contributed by atoms with E-state index in [0.29, 0.717) is 12.0 Å². The number of hydrogen-bond acceptors (Lipinski definition) is 2. The molecule has 86 valence electrons. The van der Waals surface area contributed by atoms with Crippen LogP contribution in [0, 0.1) is 5.92 Å². The van der Waals surface area contributed by atoms with Crippen molar-refractivity contribution >= 4 is 5.91 Å². The highest BCUT2D eigenvalue weighted by molar-refractivity contribution is 5.94. The van der Waals surface area contributed by atoms with Crippen LogP contribution >= 0.6 is 0 Å². The second kappa shape index (κ2) is 2.81. The van der Waals surface area contributed by atoms with Gasteiger partial charge in [-0.2, -0.15) is 13.9 Å². The summed E-state index contributed by atoms with van der Waals surface area (Å²) < 4.78 is 27.6. The van der Waals surface area contributed by atoms with E-state index in [1.165, 1.54) is 7.05 Å². The second-order valence-electron chi connectivity index (χ2n) is 4.35. The van der Waals surface area contributed by atoms with Crippen molar-refractivity contribution in [2.45, 2.75) is 24.7 Å². The Balaban J connectivity index is 2.13. The number of nitrogens with zero attached hydrogens (tertiary/aromatic N) is 1. The second-order valence-corrected chi connectivity index (χ2v) is 4.35. The summed E-state index contributed by atoms with van der Waals surface area (Å²) in [6.45, 7) is 0. The number of rotatable bonds is 1. The summed E-state index contributed by atoms with van der Waals surface area (Å²) >= 11 is 0. The lowest BCUT2D eigenvalue weighted by molar-refractivity contribution is -0.0906. The van der Waals surface area contributed by atoms with Crippen LogP contribution in [0.1, 0.15) is 40.5 Å². The number of nitrogens with one attached hydrogen (secondary N) is 2. The molecule has 6 heteroatoms. The lowest BCUT2D eigenvalue weighted by Crippen LogP contribution is -2.31. The molecular weight excluding hydrogens is 216 g/mol. The van der Waals surface area contributed by atoms with E-state index in [2.05, 4.69) is 15.5 Å². The van der Waals surface area contributed by atoms with Crippen LogP contribution in [0.25, 0.3) is 0 Å². The van der Waals surface area contributed by atoms with Gasteiger partial charge >= 0.3 is 0 Å². The number of amides is 1. The van der Waals surface area contributed by atoms with E-state index in [4.69, 9.17) is 0 Å². The zero-order valence-corrected chi connectivity index (χ0v) is 8.68. The Labute approximate surface area is 90.4 Å². The number of carbonyl (C=O) groups excluding carboxylic acids is 1. The molecule has 0 radical (unpaired) electrons. The molecule has 1 heterocycles. The summed E-state index contributed by atoms with van der Waals surface area (Å²) in [6.07, 6.45) is 1.24. The van der Waals surface area contributed by atoms with Gasteiger partial charge in [0, 0.05) is 18.5 Å². The molecule has 1 aromatic heterocycles. The van der Waals surface area contributed by atoms with Crippen LogP contribution < -0.4 is 5.32 Å². The highest BCUT2D eigenvalue weighted by Gasteiger charge is 2.61. The number of aromatic nitrogens is 2. The Hall–Kier alpha value is -1.46. The van der Waals surface area contributed by atoms with Crippen LogP contribution in [0.2, 0.25) is 0 Å². The zero-order chi connectivity index (χ0) is 11.5. The molecule has 0 unspecified atom stereocenters. The van der Waals surface area contributed by atoms with Crippen molar-refractivity contribution in [3.8, 4) is 0 Å². The van der Waals surface area contributed by atoms with Crippen LogP contribution in [0.3, 0.4) is 0 Å². The number of carbonyl (C=O) groups is 1. The van der Waals surface area contributed by atoms with Gasteiger partial charge in [-0.05, 0) is 18.8 Å². The van der Waals surface area contributed by atoms with Gasteiger partial charge in [0.15, 0.2) is 5.69 Å². The van der Waals surface area contributed by atoms with Gasteiger partial charge in [-0.1, -0.05) is 0 Å². The van der Waals surface area contributed by atoms with Gasteiger partial charge in [-0.15, -0.1) is 0 Å². The largest absolute Gasteiger partial charge is 0.354 e. The summed E-state index contributed by atoms with van der Waals surface area (Å²) in [5.41, 5.74) is 0.406. The third kappa shape index (κ3) is 0.923. The molecule has 2 aliphatic rings. The normalized spacial score (nSPS) is 29.2. The van der Waals surface area contributed by atoms with E-state index in [1.807, 2.05) is 0 Å². The van der Waals surface area contributed by atoms with Crippen molar-refractivity contribution in [3.63, 3.8) is 0 Å². The van der Waals surface area contributed by atoms with E-state index in [0.717, 1.165) is 6.42 Å². The molecule has 0 aliphatic heterocycles. The SMILES string of the molecule is CNC(=O)c1n[nH]c2c1[C@H]1CC[C@H]1C2(F)F. The van der Waals surface area contributed by atoms with E-state index in [9.17, 15) is 13.6 Å². The third-order valence-corrected chi connectivity index (χ3v) is 3.69. The molecule has 4 nitrogen and oxygen atoms in total. The van der Waals surface area contributed by atoms with Crippen LogP contribution in [-0.4, -0.2) is 23.2 Å². The summed E-state index contributed by atoms with van der Waals surface area (Å²) in [5, 5.41) is 8.46. The Kier molecular flexibility index (Phi) is 1.71. The molecule has 0 spiro atoms. The van der Waals surface area contributed by atoms with E-state index in [-0.39, 0.29) is 17.3 Å². The smallest absolute Gasteiger partial charge is 0.292 e. The third-order valence-electron chi connectivity index (χ3n) is 3.69. The first-order valence-electron chi connectivity index (χ1n) is 5.26. The van der Waals surface area contributed by atoms with Gasteiger partial charge in [0.1, 0.15) is 5.69 Å². The standard InChI is InChI=1S/C10H11F2N3O/c1-13-9(16)7-6-4-2-3-5(4)10(11,12)8(6)15-14-7/h4-5H,2-3H2,1H3,(H,13,16)(H,14,15)/t4-,5+/m0/s1. The molecule has 1 saturated carbocycles. The minimum Gasteiger partial charge on any atom is -0.354 e. The highest BCUT2D eigenvalue weighted by atomic mass is 19.3. The molecular formula is C10H11F2N3O. The number of aromatic amines is 1. The van der Waals surface area contributed by atoms with Gasteiger partial charge in [0.05, 0.1) is 0 Å². The first-order valence-corrected chi connectivity index (χ1v) is 5.26. The predicted octanol–water partition coefficient (Wildman–Crippen LogP) is 1.37. The quantitative estimate of drug-likeness (QED) is 0.761. The Morgan fingerprint density at radius 2 is 2.31 bits per heavy atom. The predicted molar refractivity (Wildman–Crippen MR) is 51.3 cm³/mol. The maximum absolute atomic E-state index is 13.8. The van der Waals surface area contributed by atoms with Crippen molar-refractivity contribution in [3.05, 3.63) is 17.0 Å². The molecule has 0 aromatic carbocycles. The number of halogens is 2. The first-order chi connectivity index (χ1) is 7.57. The van der Waals surface area contributed by atoms with Gasteiger partial charge in [0.2, 0.25) is 0 Å². The summed E-state index contributed by atoms with van der Waals surface area (Å²) in [5.74, 6) is -4.09. The van der Waals surface area contributed by atoms with Crippen LogP contribution in [0.4, 0.5) is 8.78 Å². The average molecular weight is 227 g/mol. The first kappa shape index (κ1) is 9.74. The summed E-state index contributed by atoms with van der Waals surface area (Å²) in [4.78, 5) is 11.5. The van der Waals surface area contributed by atoms with Crippen molar-refractivity contribution in [1.82, 2.24) is 15.5 Å². The Morgan fingerprint density at radius 3 is 2.88 bits per heavy atom. The topological polar surface area (TPSA) is 57.8 Å². The average Bonchev–Trinajstić information content (AvgIpc) is 2.63. The van der Waals surface area contributed by atoms with Crippen molar-refractivity contribution in [1.29, 1.82) is 0 Å². The van der Waals surface area contributed by atoms with Crippen molar-refractivity contribution in [2.24, 2.45) is 5.92 Å². The van der Waals surface area contributed by atoms with Crippen LogP contribution in [0.5, 0.6) is 0 Å². The summed E-state index contributed by atoms with van der Waals surface area (Å²) in [7, 11) is 1.47. The highest BCUT2D eigenvalue weighted by Crippen LogP contribution is 2.62. The Bertz CT molecular complexity index is 469. The molecule has 2 N–H and O–H groups in total. The molecule has 1 amide bonds. The maximum atomic E-state index is 13.8. The number of alkyl halides is 2. The van der Waals surface area contributed by atoms with E-state index in [1.54, 1.807) is 0 Å². The van der Waals surface area contributed by atoms with Crippen molar-refractivity contribution < 1.29 is 13.6 Å². The molecule has 0 saturated heterocycles. The maximum Gasteiger partial charge on any atom is 0.292 e. The van der Waals surface area contributed by atoms with Crippen molar-refractivity contribution in [2.75, 3.05) is 7.05 Å². The van der Waals surface area contributed by atoms with E-state index >= 15 is 0 Å². The van der Waals surface area contributed by atoms with Gasteiger partial charge in [-0.25, -0.2) is 0 Å². The Morgan fingerprint density at radius 1 is 1.56 bits per heavy atom. The van der Waals surface area contributed by atoms with Gasteiger partial charge < -0.3 is 5.32 Å². The fourth-order valence-corrected chi connectivity index (χ4v) is 2.72. The minimum atomic E-state index is -2.85. The lowest BCUT2D eigenvalue weighted by atomic mass is 9.73. The van der Waals surface area contributed by atoms with Gasteiger partial charge in [-0.3, -0.25) is 9.89 Å².